The highest BCUT2D eigenvalue weighted by atomic mass is 32.2. The van der Waals surface area contributed by atoms with Crippen LogP contribution in [0.1, 0.15) is 0 Å². The first-order chi connectivity index (χ1) is 5.83. The summed E-state index contributed by atoms with van der Waals surface area (Å²) in [5, 5.41) is 0. The molecule has 0 radical (unpaired) electrons. The highest BCUT2D eigenvalue weighted by molar-refractivity contribution is 8.00. The van der Waals surface area contributed by atoms with E-state index in [1.807, 2.05) is 0 Å². The van der Waals surface area contributed by atoms with Crippen LogP contribution >= 0.6 is 11.8 Å². The van der Waals surface area contributed by atoms with Gasteiger partial charge in [0.25, 0.3) is 0 Å². The number of nitrogens with zero attached hydrogens (tertiary/aromatic N) is 2. The van der Waals surface area contributed by atoms with Gasteiger partial charge in [-0.3, -0.25) is 4.79 Å². The Labute approximate surface area is 74.4 Å². The molecule has 64 valence electrons. The molecule has 0 aliphatic heterocycles. The van der Waals surface area contributed by atoms with Crippen molar-refractivity contribution in [2.75, 3.05) is 12.9 Å². The Hall–Kier alpha value is -1.10. The van der Waals surface area contributed by atoms with Gasteiger partial charge < -0.3 is 4.74 Å². The highest BCUT2D eigenvalue weighted by Crippen LogP contribution is 2.14. The molecule has 4 nitrogen and oxygen atoms in total. The summed E-state index contributed by atoms with van der Waals surface area (Å²) in [4.78, 5) is 19.2. The number of esters is 1. The van der Waals surface area contributed by atoms with Crippen LogP contribution in [0.15, 0.2) is 23.6 Å². The molecule has 0 bridgehead atoms. The summed E-state index contributed by atoms with van der Waals surface area (Å²) in [5.74, 6) is 0.0491. The van der Waals surface area contributed by atoms with Crippen molar-refractivity contribution in [1.82, 2.24) is 9.97 Å². The predicted molar refractivity (Wildman–Crippen MR) is 44.8 cm³/mol. The smallest absolute Gasteiger partial charge is 0.315 e. The number of thioether (sulfide) groups is 1. The normalized spacial score (nSPS) is 9.42. The van der Waals surface area contributed by atoms with Crippen molar-refractivity contribution in [1.29, 1.82) is 0 Å². The summed E-state index contributed by atoms with van der Waals surface area (Å²) in [5.41, 5.74) is 0. The molecule has 0 saturated heterocycles. The van der Waals surface area contributed by atoms with Gasteiger partial charge in [0.1, 0.15) is 6.33 Å². The minimum absolute atomic E-state index is 0.246. The zero-order valence-corrected chi connectivity index (χ0v) is 7.37. The van der Waals surface area contributed by atoms with Crippen LogP contribution in [0.3, 0.4) is 0 Å². The van der Waals surface area contributed by atoms with Gasteiger partial charge in [0.05, 0.1) is 12.9 Å². The third-order valence-corrected chi connectivity index (χ3v) is 2.05. The van der Waals surface area contributed by atoms with Crippen LogP contribution in [-0.2, 0) is 9.53 Å². The molecule has 12 heavy (non-hydrogen) atoms. The van der Waals surface area contributed by atoms with Gasteiger partial charge >= 0.3 is 5.97 Å². The predicted octanol–water partition coefficient (Wildman–Crippen LogP) is 0.742. The van der Waals surface area contributed by atoms with Crippen LogP contribution in [0.2, 0.25) is 0 Å². The quantitative estimate of drug-likeness (QED) is 0.512. The summed E-state index contributed by atoms with van der Waals surface area (Å²) in [7, 11) is 1.37. The molecular formula is C7H8N2O2S. The van der Waals surface area contributed by atoms with E-state index < -0.39 is 0 Å². The number of hydrogen-bond donors (Lipinski definition) is 0. The third kappa shape index (κ3) is 2.87. The molecule has 0 unspecified atom stereocenters. The molecule has 0 N–H and O–H groups in total. The number of aromatic nitrogens is 2. The summed E-state index contributed by atoms with van der Waals surface area (Å²) >= 11 is 1.35. The lowest BCUT2D eigenvalue weighted by molar-refractivity contribution is -0.137. The molecule has 1 rings (SSSR count). The van der Waals surface area contributed by atoms with E-state index in [-0.39, 0.29) is 5.97 Å². The second-order valence-corrected chi connectivity index (χ2v) is 2.99. The van der Waals surface area contributed by atoms with E-state index in [9.17, 15) is 4.79 Å². The molecule has 0 amide bonds. The maximum Gasteiger partial charge on any atom is 0.315 e. The SMILES string of the molecule is COC(=O)CSc1cncnc1. The number of carbonyl (C=O) groups is 1. The Balaban J connectivity index is 2.38. The summed E-state index contributed by atoms with van der Waals surface area (Å²) in [6, 6.07) is 0. The molecule has 5 heteroatoms. The van der Waals surface area contributed by atoms with E-state index in [2.05, 4.69) is 14.7 Å². The maximum atomic E-state index is 10.7. The van der Waals surface area contributed by atoms with Crippen molar-refractivity contribution in [2.45, 2.75) is 4.90 Å². The Morgan fingerprint density at radius 2 is 2.25 bits per heavy atom. The minimum Gasteiger partial charge on any atom is -0.468 e. The highest BCUT2D eigenvalue weighted by Gasteiger charge is 2.00. The largest absolute Gasteiger partial charge is 0.468 e. The minimum atomic E-state index is -0.246. The molecule has 0 atom stereocenters. The summed E-state index contributed by atoms with van der Waals surface area (Å²) in [6.07, 6.45) is 4.75. The van der Waals surface area contributed by atoms with E-state index in [4.69, 9.17) is 0 Å². The Kier molecular flexibility index (Phi) is 3.53. The zero-order chi connectivity index (χ0) is 8.81. The van der Waals surface area contributed by atoms with Crippen molar-refractivity contribution in [3.8, 4) is 0 Å². The average Bonchev–Trinajstić information content (AvgIpc) is 2.16. The van der Waals surface area contributed by atoms with Gasteiger partial charge in [-0.05, 0) is 0 Å². The molecule has 0 saturated carbocycles. The van der Waals surface area contributed by atoms with E-state index in [1.165, 1.54) is 25.2 Å². The first-order valence-corrected chi connectivity index (χ1v) is 4.26. The number of carbonyl (C=O) groups excluding carboxylic acids is 1. The van der Waals surface area contributed by atoms with Crippen molar-refractivity contribution >= 4 is 17.7 Å². The molecular weight excluding hydrogens is 176 g/mol. The number of rotatable bonds is 3. The molecule has 0 fully saturated rings. The number of hydrogen-bond acceptors (Lipinski definition) is 5. The topological polar surface area (TPSA) is 52.1 Å². The lowest BCUT2D eigenvalue weighted by Gasteiger charge is -1.97. The summed E-state index contributed by atoms with van der Waals surface area (Å²) in [6.45, 7) is 0. The first-order valence-electron chi connectivity index (χ1n) is 3.27. The van der Waals surface area contributed by atoms with Gasteiger partial charge in [0.2, 0.25) is 0 Å². The number of methoxy groups -OCH3 is 1. The second kappa shape index (κ2) is 4.71. The van der Waals surface area contributed by atoms with Crippen LogP contribution in [0.25, 0.3) is 0 Å². The molecule has 1 aromatic rings. The van der Waals surface area contributed by atoms with Crippen LogP contribution < -0.4 is 0 Å². The summed E-state index contributed by atoms with van der Waals surface area (Å²) < 4.78 is 4.47. The zero-order valence-electron chi connectivity index (χ0n) is 6.56. The average molecular weight is 184 g/mol. The lowest BCUT2D eigenvalue weighted by Crippen LogP contribution is -2.02. The first kappa shape index (κ1) is 8.99. The number of ether oxygens (including phenoxy) is 1. The van der Waals surface area contributed by atoms with Crippen molar-refractivity contribution in [3.63, 3.8) is 0 Å². The fourth-order valence-electron chi connectivity index (χ4n) is 0.561. The fourth-order valence-corrected chi connectivity index (χ4v) is 1.23. The Morgan fingerprint density at radius 3 is 2.83 bits per heavy atom. The van der Waals surface area contributed by atoms with Crippen molar-refractivity contribution in [3.05, 3.63) is 18.7 Å². The molecule has 0 aliphatic rings. The molecule has 1 aromatic heterocycles. The van der Waals surface area contributed by atoms with E-state index >= 15 is 0 Å². The van der Waals surface area contributed by atoms with E-state index in [1.54, 1.807) is 12.4 Å². The van der Waals surface area contributed by atoms with Crippen molar-refractivity contribution < 1.29 is 9.53 Å². The van der Waals surface area contributed by atoms with E-state index in [0.717, 1.165) is 4.90 Å². The van der Waals surface area contributed by atoms with Crippen LogP contribution in [0.4, 0.5) is 0 Å². The Morgan fingerprint density at radius 1 is 1.58 bits per heavy atom. The van der Waals surface area contributed by atoms with Crippen LogP contribution in [0, 0.1) is 0 Å². The van der Waals surface area contributed by atoms with Crippen LogP contribution in [0.5, 0.6) is 0 Å². The monoisotopic (exact) mass is 184 g/mol. The van der Waals surface area contributed by atoms with Gasteiger partial charge in [0.15, 0.2) is 0 Å². The molecule has 0 aliphatic carbocycles. The Bertz CT molecular complexity index is 253. The maximum absolute atomic E-state index is 10.7. The third-order valence-electron chi connectivity index (χ3n) is 1.12. The standard InChI is InChI=1S/C7H8N2O2S/c1-11-7(10)4-12-6-2-8-5-9-3-6/h2-3,5H,4H2,1H3. The van der Waals surface area contributed by atoms with Gasteiger partial charge in [-0.25, -0.2) is 9.97 Å². The van der Waals surface area contributed by atoms with Crippen LogP contribution in [-0.4, -0.2) is 28.8 Å². The van der Waals surface area contributed by atoms with Gasteiger partial charge in [-0.1, -0.05) is 0 Å². The van der Waals surface area contributed by atoms with Crippen molar-refractivity contribution in [2.24, 2.45) is 0 Å². The lowest BCUT2D eigenvalue weighted by atomic mass is 10.7. The molecule has 1 heterocycles. The molecule has 0 spiro atoms. The molecule has 0 aromatic carbocycles. The van der Waals surface area contributed by atoms with Gasteiger partial charge in [0, 0.05) is 17.3 Å². The van der Waals surface area contributed by atoms with E-state index in [0.29, 0.717) is 5.75 Å². The van der Waals surface area contributed by atoms with Gasteiger partial charge in [-0.2, -0.15) is 0 Å². The van der Waals surface area contributed by atoms with Gasteiger partial charge in [-0.15, -0.1) is 11.8 Å². The second-order valence-electron chi connectivity index (χ2n) is 1.94. The fraction of sp³-hybridized carbons (Fsp3) is 0.286.